The maximum Gasteiger partial charge on any atom is 0.323 e. The maximum atomic E-state index is 13.5. The summed E-state index contributed by atoms with van der Waals surface area (Å²) in [5.41, 5.74) is 2.19. The number of nitrogens with zero attached hydrogens (tertiary/aromatic N) is 2. The fourth-order valence-corrected chi connectivity index (χ4v) is 6.96. The molecule has 9 nitrogen and oxygen atoms in total. The second-order valence-electron chi connectivity index (χ2n) is 7.55. The van der Waals surface area contributed by atoms with E-state index in [1.54, 1.807) is 30.3 Å². The molecule has 0 spiro atoms. The Morgan fingerprint density at radius 2 is 1.61 bits per heavy atom. The first kappa shape index (κ1) is 21.0. The number of rotatable bonds is 3. The molecule has 0 aliphatic carbocycles. The van der Waals surface area contributed by atoms with Crippen molar-refractivity contribution in [1.29, 1.82) is 5.26 Å². The Morgan fingerprint density at radius 1 is 0.909 bits per heavy atom. The molecule has 0 saturated carbocycles. The number of imidazole rings is 1. The van der Waals surface area contributed by atoms with E-state index < -0.39 is 25.6 Å². The van der Waals surface area contributed by atoms with Crippen LogP contribution in [-0.4, -0.2) is 39.1 Å². The molecule has 166 valence electrons. The monoisotopic (exact) mass is 480 g/mol. The Labute approximate surface area is 188 Å². The number of anilines is 1. The third-order valence-electron chi connectivity index (χ3n) is 5.55. The third-order valence-corrected chi connectivity index (χ3v) is 9.09. The molecule has 1 aliphatic heterocycles. The molecule has 1 aliphatic rings. The molecule has 1 aromatic heterocycles. The average molecular weight is 481 g/mol. The molecule has 0 atom stereocenters. The second-order valence-corrected chi connectivity index (χ2v) is 11.5. The van der Waals surface area contributed by atoms with Crippen molar-refractivity contribution < 1.29 is 16.8 Å². The van der Waals surface area contributed by atoms with E-state index in [2.05, 4.69) is 9.97 Å². The number of aromatic amines is 2. The van der Waals surface area contributed by atoms with Crippen LogP contribution in [0.1, 0.15) is 5.56 Å². The van der Waals surface area contributed by atoms with Crippen molar-refractivity contribution in [1.82, 2.24) is 9.97 Å². The van der Waals surface area contributed by atoms with Crippen molar-refractivity contribution >= 4 is 36.6 Å². The lowest BCUT2D eigenvalue weighted by Crippen LogP contribution is -2.39. The average Bonchev–Trinajstić information content (AvgIpc) is 3.18. The first-order chi connectivity index (χ1) is 15.7. The van der Waals surface area contributed by atoms with E-state index in [1.165, 1.54) is 30.3 Å². The van der Waals surface area contributed by atoms with Gasteiger partial charge in [0.2, 0.25) is 0 Å². The first-order valence-electron chi connectivity index (χ1n) is 9.81. The van der Waals surface area contributed by atoms with Crippen LogP contribution in [0.3, 0.4) is 0 Å². The number of sulfone groups is 1. The van der Waals surface area contributed by atoms with Crippen LogP contribution in [0.5, 0.6) is 0 Å². The van der Waals surface area contributed by atoms with E-state index in [0.717, 1.165) is 4.31 Å². The minimum absolute atomic E-state index is 0.0609. The van der Waals surface area contributed by atoms with E-state index in [-0.39, 0.29) is 27.8 Å². The SMILES string of the molecule is N#Cc1ccc(-c2ccc3c(c2)N(S(=O)(=O)c2ccc4[nH]c(=O)[nH]c4c2)CCS3(=O)=O)cc1. The van der Waals surface area contributed by atoms with Crippen molar-refractivity contribution in [2.24, 2.45) is 0 Å². The quantitative estimate of drug-likeness (QED) is 0.461. The van der Waals surface area contributed by atoms with E-state index in [9.17, 15) is 21.6 Å². The number of nitrogens with one attached hydrogen (secondary N) is 2. The van der Waals surface area contributed by atoms with E-state index in [4.69, 9.17) is 5.26 Å². The third kappa shape index (κ3) is 3.49. The van der Waals surface area contributed by atoms with Gasteiger partial charge >= 0.3 is 5.69 Å². The van der Waals surface area contributed by atoms with Gasteiger partial charge in [0.05, 0.1) is 43.9 Å². The topological polar surface area (TPSA) is 144 Å². The number of aromatic nitrogens is 2. The number of sulfonamides is 1. The fraction of sp³-hybridized carbons (Fsp3) is 0.0909. The summed E-state index contributed by atoms with van der Waals surface area (Å²) in [6, 6.07) is 17.5. The lowest BCUT2D eigenvalue weighted by molar-refractivity contribution is 0.584. The zero-order valence-electron chi connectivity index (χ0n) is 16.9. The van der Waals surface area contributed by atoms with Crippen LogP contribution in [0.2, 0.25) is 0 Å². The zero-order chi connectivity index (χ0) is 23.4. The van der Waals surface area contributed by atoms with Crippen molar-refractivity contribution in [2.75, 3.05) is 16.6 Å². The number of H-pyrrole nitrogens is 2. The standard InChI is InChI=1S/C22H16N4O5S2/c23-13-14-1-3-15(4-2-14)16-5-8-21-20(11-16)26(9-10-32(21,28)29)33(30,31)17-6-7-18-19(12-17)25-22(27)24-18/h1-8,11-12H,9-10H2,(H2,24,25,27). The van der Waals surface area contributed by atoms with Gasteiger partial charge in [-0.15, -0.1) is 0 Å². The van der Waals surface area contributed by atoms with Crippen LogP contribution in [0, 0.1) is 11.3 Å². The summed E-state index contributed by atoms with van der Waals surface area (Å²) < 4.78 is 53.5. The predicted octanol–water partition coefficient (Wildman–Crippen LogP) is 2.38. The van der Waals surface area contributed by atoms with Crippen molar-refractivity contribution in [2.45, 2.75) is 9.79 Å². The summed E-state index contributed by atoms with van der Waals surface area (Å²) in [6.07, 6.45) is 0. The molecule has 5 rings (SSSR count). The fourth-order valence-electron chi connectivity index (χ4n) is 3.87. The summed E-state index contributed by atoms with van der Waals surface area (Å²) in [4.78, 5) is 16.5. The normalized spacial score (nSPS) is 15.2. The number of nitriles is 1. The minimum atomic E-state index is -4.13. The van der Waals surface area contributed by atoms with Crippen molar-refractivity contribution in [3.63, 3.8) is 0 Å². The Bertz CT molecular complexity index is 1730. The molecule has 2 heterocycles. The lowest BCUT2D eigenvalue weighted by atomic mass is 10.0. The summed E-state index contributed by atoms with van der Waals surface area (Å²) in [7, 11) is -7.79. The van der Waals surface area contributed by atoms with Crippen LogP contribution in [0.25, 0.3) is 22.2 Å². The van der Waals surface area contributed by atoms with Gasteiger partial charge in [0, 0.05) is 6.54 Å². The van der Waals surface area contributed by atoms with Gasteiger partial charge in [0.25, 0.3) is 10.0 Å². The predicted molar refractivity (Wildman–Crippen MR) is 122 cm³/mol. The highest BCUT2D eigenvalue weighted by atomic mass is 32.2. The van der Waals surface area contributed by atoms with Gasteiger partial charge < -0.3 is 9.97 Å². The number of hydrogen-bond donors (Lipinski definition) is 2. The second kappa shape index (κ2) is 7.33. The van der Waals surface area contributed by atoms with Gasteiger partial charge in [-0.05, 0) is 53.6 Å². The Balaban J connectivity index is 1.66. The maximum absolute atomic E-state index is 13.5. The first-order valence-corrected chi connectivity index (χ1v) is 12.9. The van der Waals surface area contributed by atoms with Crippen molar-refractivity contribution in [3.8, 4) is 17.2 Å². The molecule has 11 heteroatoms. The Morgan fingerprint density at radius 3 is 2.33 bits per heavy atom. The molecule has 33 heavy (non-hydrogen) atoms. The van der Waals surface area contributed by atoms with Gasteiger partial charge in [-0.1, -0.05) is 18.2 Å². The molecule has 0 bridgehead atoms. The molecular weight excluding hydrogens is 464 g/mol. The highest BCUT2D eigenvalue weighted by Gasteiger charge is 2.36. The summed E-state index contributed by atoms with van der Waals surface area (Å²) in [6.45, 7) is -0.240. The molecule has 3 aromatic carbocycles. The smallest absolute Gasteiger partial charge is 0.306 e. The van der Waals surface area contributed by atoms with E-state index in [0.29, 0.717) is 27.7 Å². The number of hydrogen-bond acceptors (Lipinski definition) is 6. The van der Waals surface area contributed by atoms with E-state index >= 15 is 0 Å². The molecule has 4 aromatic rings. The van der Waals surface area contributed by atoms with Gasteiger partial charge in [-0.2, -0.15) is 5.26 Å². The van der Waals surface area contributed by atoms with Crippen LogP contribution in [0.15, 0.2) is 75.2 Å². The molecular formula is C22H16N4O5S2. The van der Waals surface area contributed by atoms with E-state index in [1.807, 2.05) is 6.07 Å². The highest BCUT2D eigenvalue weighted by Crippen LogP contribution is 2.37. The van der Waals surface area contributed by atoms with Crippen LogP contribution < -0.4 is 9.99 Å². The highest BCUT2D eigenvalue weighted by molar-refractivity contribution is 7.94. The van der Waals surface area contributed by atoms with Crippen molar-refractivity contribution in [3.05, 3.63) is 76.7 Å². The van der Waals surface area contributed by atoms with Gasteiger partial charge in [0.1, 0.15) is 0 Å². The zero-order valence-corrected chi connectivity index (χ0v) is 18.6. The molecule has 0 amide bonds. The molecule has 0 radical (unpaired) electrons. The largest absolute Gasteiger partial charge is 0.323 e. The molecule has 0 unspecified atom stereocenters. The van der Waals surface area contributed by atoms with Gasteiger partial charge in [-0.25, -0.2) is 21.6 Å². The summed E-state index contributed by atoms with van der Waals surface area (Å²) in [5, 5.41) is 9.00. The summed E-state index contributed by atoms with van der Waals surface area (Å²) in [5.74, 6) is -0.349. The summed E-state index contributed by atoms with van der Waals surface area (Å²) >= 11 is 0. The lowest BCUT2D eigenvalue weighted by Gasteiger charge is -2.30. The molecule has 0 saturated heterocycles. The minimum Gasteiger partial charge on any atom is -0.306 e. The number of benzene rings is 3. The Hall–Kier alpha value is -3.88. The van der Waals surface area contributed by atoms with Crippen LogP contribution in [0.4, 0.5) is 5.69 Å². The number of fused-ring (bicyclic) bond motifs is 2. The van der Waals surface area contributed by atoms with Gasteiger partial charge in [-0.3, -0.25) is 4.31 Å². The van der Waals surface area contributed by atoms with Crippen LogP contribution >= 0.6 is 0 Å². The van der Waals surface area contributed by atoms with Gasteiger partial charge in [0.15, 0.2) is 9.84 Å². The Kier molecular flexibility index (Phi) is 4.66. The molecule has 2 N–H and O–H groups in total. The molecule has 0 fully saturated rings. The van der Waals surface area contributed by atoms with Crippen LogP contribution in [-0.2, 0) is 19.9 Å².